The van der Waals surface area contributed by atoms with E-state index in [1.165, 1.54) is 5.56 Å². The standard InChI is InChI=1S/C11H17N3/c1-9(2)11(12)14-7-5-10-4-3-6-13-8-10/h3-4,6,8-9H,5,7H2,1-2H3,(H2,12,14). The van der Waals surface area contributed by atoms with Gasteiger partial charge in [0.25, 0.3) is 0 Å². The summed E-state index contributed by atoms with van der Waals surface area (Å²) in [6.07, 6.45) is 4.54. The Bertz CT molecular complexity index is 291. The zero-order chi connectivity index (χ0) is 10.4. The molecule has 0 aliphatic carbocycles. The van der Waals surface area contributed by atoms with E-state index in [1.807, 2.05) is 32.2 Å². The predicted octanol–water partition coefficient (Wildman–Crippen LogP) is 1.64. The number of nitrogens with zero attached hydrogens (tertiary/aromatic N) is 2. The Kier molecular flexibility index (Phi) is 4.11. The molecule has 76 valence electrons. The molecule has 1 aromatic heterocycles. The van der Waals surface area contributed by atoms with Gasteiger partial charge in [0.2, 0.25) is 0 Å². The van der Waals surface area contributed by atoms with Gasteiger partial charge in [-0.15, -0.1) is 0 Å². The van der Waals surface area contributed by atoms with Crippen LogP contribution in [0, 0.1) is 5.92 Å². The minimum atomic E-state index is 0.337. The van der Waals surface area contributed by atoms with E-state index in [1.54, 1.807) is 6.20 Å². The molecule has 1 rings (SSSR count). The van der Waals surface area contributed by atoms with Gasteiger partial charge >= 0.3 is 0 Å². The summed E-state index contributed by atoms with van der Waals surface area (Å²) in [4.78, 5) is 8.32. The molecule has 0 saturated carbocycles. The Labute approximate surface area is 85.1 Å². The lowest BCUT2D eigenvalue weighted by Gasteiger charge is -2.03. The van der Waals surface area contributed by atoms with Crippen molar-refractivity contribution in [2.45, 2.75) is 20.3 Å². The third-order valence-corrected chi connectivity index (χ3v) is 2.01. The van der Waals surface area contributed by atoms with Crippen LogP contribution in [0.5, 0.6) is 0 Å². The Morgan fingerprint density at radius 1 is 1.57 bits per heavy atom. The third-order valence-electron chi connectivity index (χ3n) is 2.01. The average molecular weight is 191 g/mol. The van der Waals surface area contributed by atoms with Crippen LogP contribution in [-0.2, 0) is 6.42 Å². The summed E-state index contributed by atoms with van der Waals surface area (Å²) in [5, 5.41) is 0. The number of aliphatic imine (C=N–C) groups is 1. The molecule has 0 aromatic carbocycles. The highest BCUT2D eigenvalue weighted by atomic mass is 14.9. The maximum atomic E-state index is 5.72. The predicted molar refractivity (Wildman–Crippen MR) is 59.3 cm³/mol. The maximum absolute atomic E-state index is 5.72. The fourth-order valence-corrected chi connectivity index (χ4v) is 1.04. The number of pyridine rings is 1. The number of aromatic nitrogens is 1. The molecule has 0 bridgehead atoms. The molecule has 0 unspecified atom stereocenters. The van der Waals surface area contributed by atoms with Crippen molar-refractivity contribution < 1.29 is 0 Å². The zero-order valence-electron chi connectivity index (χ0n) is 8.77. The summed E-state index contributed by atoms with van der Waals surface area (Å²) < 4.78 is 0. The second-order valence-corrected chi connectivity index (χ2v) is 3.57. The fourth-order valence-electron chi connectivity index (χ4n) is 1.04. The molecule has 1 heterocycles. The molecule has 0 amide bonds. The van der Waals surface area contributed by atoms with Crippen LogP contribution in [0.1, 0.15) is 19.4 Å². The summed E-state index contributed by atoms with van der Waals surface area (Å²) >= 11 is 0. The molecule has 2 N–H and O–H groups in total. The first kappa shape index (κ1) is 10.7. The Morgan fingerprint density at radius 2 is 2.36 bits per heavy atom. The quantitative estimate of drug-likeness (QED) is 0.581. The second-order valence-electron chi connectivity index (χ2n) is 3.57. The van der Waals surface area contributed by atoms with Crippen molar-refractivity contribution in [3.05, 3.63) is 30.1 Å². The van der Waals surface area contributed by atoms with Crippen molar-refractivity contribution in [1.82, 2.24) is 4.98 Å². The van der Waals surface area contributed by atoms with E-state index in [4.69, 9.17) is 5.73 Å². The molecule has 1 aromatic rings. The smallest absolute Gasteiger partial charge is 0.0962 e. The summed E-state index contributed by atoms with van der Waals surface area (Å²) in [7, 11) is 0. The molecular weight excluding hydrogens is 174 g/mol. The van der Waals surface area contributed by atoms with Gasteiger partial charge in [-0.25, -0.2) is 0 Å². The molecule has 0 fully saturated rings. The number of amidine groups is 1. The molecule has 0 aliphatic rings. The van der Waals surface area contributed by atoms with E-state index in [0.717, 1.165) is 18.8 Å². The van der Waals surface area contributed by atoms with Gasteiger partial charge in [0.05, 0.1) is 5.84 Å². The van der Waals surface area contributed by atoms with Crippen molar-refractivity contribution in [3.63, 3.8) is 0 Å². The minimum Gasteiger partial charge on any atom is -0.387 e. The summed E-state index contributed by atoms with van der Waals surface area (Å²) in [6, 6.07) is 3.99. The van der Waals surface area contributed by atoms with Gasteiger partial charge in [-0.2, -0.15) is 0 Å². The van der Waals surface area contributed by atoms with Gasteiger partial charge in [0.1, 0.15) is 0 Å². The van der Waals surface area contributed by atoms with Crippen LogP contribution in [0.3, 0.4) is 0 Å². The van der Waals surface area contributed by atoms with Crippen LogP contribution >= 0.6 is 0 Å². The van der Waals surface area contributed by atoms with Gasteiger partial charge < -0.3 is 5.73 Å². The van der Waals surface area contributed by atoms with E-state index >= 15 is 0 Å². The van der Waals surface area contributed by atoms with Crippen LogP contribution in [0.25, 0.3) is 0 Å². The molecule has 0 aliphatic heterocycles. The maximum Gasteiger partial charge on any atom is 0.0962 e. The lowest BCUT2D eigenvalue weighted by Crippen LogP contribution is -2.19. The molecule has 3 nitrogen and oxygen atoms in total. The van der Waals surface area contributed by atoms with Crippen LogP contribution < -0.4 is 5.73 Å². The number of hydrogen-bond donors (Lipinski definition) is 1. The van der Waals surface area contributed by atoms with Crippen LogP contribution in [0.2, 0.25) is 0 Å². The van der Waals surface area contributed by atoms with Gasteiger partial charge in [-0.05, 0) is 18.1 Å². The average Bonchev–Trinajstić information content (AvgIpc) is 2.19. The summed E-state index contributed by atoms with van der Waals surface area (Å²) in [6.45, 7) is 4.83. The first-order valence-corrected chi connectivity index (χ1v) is 4.89. The van der Waals surface area contributed by atoms with Crippen molar-refractivity contribution >= 4 is 5.84 Å². The molecule has 0 saturated heterocycles. The normalized spacial score (nSPS) is 12.1. The van der Waals surface area contributed by atoms with Crippen LogP contribution in [0.4, 0.5) is 0 Å². The summed E-state index contributed by atoms with van der Waals surface area (Å²) in [5.74, 6) is 1.07. The number of hydrogen-bond acceptors (Lipinski definition) is 2. The largest absolute Gasteiger partial charge is 0.387 e. The molecule has 3 heteroatoms. The van der Waals surface area contributed by atoms with Crippen LogP contribution in [0.15, 0.2) is 29.5 Å². The van der Waals surface area contributed by atoms with Crippen molar-refractivity contribution in [2.24, 2.45) is 16.6 Å². The fraction of sp³-hybridized carbons (Fsp3) is 0.455. The SMILES string of the molecule is CC(C)C(N)=NCCc1cccnc1. The molecule has 0 spiro atoms. The van der Waals surface area contributed by atoms with Gasteiger partial charge in [-0.1, -0.05) is 19.9 Å². The highest BCUT2D eigenvalue weighted by Crippen LogP contribution is 1.98. The van der Waals surface area contributed by atoms with Gasteiger partial charge in [0, 0.05) is 24.9 Å². The van der Waals surface area contributed by atoms with E-state index in [-0.39, 0.29) is 0 Å². The Hall–Kier alpha value is -1.38. The van der Waals surface area contributed by atoms with Crippen LogP contribution in [-0.4, -0.2) is 17.4 Å². The zero-order valence-corrected chi connectivity index (χ0v) is 8.77. The first-order valence-electron chi connectivity index (χ1n) is 4.89. The number of nitrogens with two attached hydrogens (primary N) is 1. The van der Waals surface area contributed by atoms with Gasteiger partial charge in [-0.3, -0.25) is 9.98 Å². The van der Waals surface area contributed by atoms with E-state index in [9.17, 15) is 0 Å². The summed E-state index contributed by atoms with van der Waals surface area (Å²) in [5.41, 5.74) is 6.92. The van der Waals surface area contributed by atoms with E-state index in [0.29, 0.717) is 5.92 Å². The minimum absolute atomic E-state index is 0.337. The molecular formula is C11H17N3. The lowest BCUT2D eigenvalue weighted by molar-refractivity contribution is 0.847. The topological polar surface area (TPSA) is 51.3 Å². The first-order chi connectivity index (χ1) is 6.70. The molecule has 0 radical (unpaired) electrons. The second kappa shape index (κ2) is 5.37. The molecule has 0 atom stereocenters. The van der Waals surface area contributed by atoms with E-state index in [2.05, 4.69) is 9.98 Å². The highest BCUT2D eigenvalue weighted by Gasteiger charge is 1.97. The Morgan fingerprint density at radius 3 is 2.93 bits per heavy atom. The Balaban J connectivity index is 2.39. The van der Waals surface area contributed by atoms with Crippen molar-refractivity contribution in [1.29, 1.82) is 0 Å². The third kappa shape index (κ3) is 3.56. The number of rotatable bonds is 4. The van der Waals surface area contributed by atoms with Gasteiger partial charge in [0.15, 0.2) is 0 Å². The molecule has 14 heavy (non-hydrogen) atoms. The highest BCUT2D eigenvalue weighted by molar-refractivity contribution is 5.82. The monoisotopic (exact) mass is 191 g/mol. The van der Waals surface area contributed by atoms with Crippen molar-refractivity contribution in [3.8, 4) is 0 Å². The lowest BCUT2D eigenvalue weighted by atomic mass is 10.2. The van der Waals surface area contributed by atoms with E-state index < -0.39 is 0 Å². The van der Waals surface area contributed by atoms with Crippen molar-refractivity contribution in [2.75, 3.05) is 6.54 Å².